The van der Waals surface area contributed by atoms with Crippen molar-refractivity contribution in [3.05, 3.63) is 18.1 Å². The molecule has 0 aliphatic carbocycles. The summed E-state index contributed by atoms with van der Waals surface area (Å²) in [7, 11) is 2.07. The van der Waals surface area contributed by atoms with Crippen LogP contribution < -0.4 is 10.2 Å². The maximum atomic E-state index is 4.65. The third-order valence-electron chi connectivity index (χ3n) is 2.63. The highest BCUT2D eigenvalue weighted by Gasteiger charge is 2.15. The largest absolute Gasteiger partial charge is 0.358 e. The molecule has 0 fully saturated rings. The van der Waals surface area contributed by atoms with Crippen LogP contribution in [0.1, 0.15) is 40.3 Å². The van der Waals surface area contributed by atoms with E-state index in [-0.39, 0.29) is 5.41 Å². The van der Waals surface area contributed by atoms with Gasteiger partial charge in [0.1, 0.15) is 5.82 Å². The first-order valence-corrected chi connectivity index (χ1v) is 7.01. The summed E-state index contributed by atoms with van der Waals surface area (Å²) in [6.45, 7) is 13.8. The molecule has 0 aliphatic rings. The van der Waals surface area contributed by atoms with Crippen LogP contribution in [0.2, 0.25) is 0 Å². The number of rotatable bonds is 6. The predicted octanol–water partition coefficient (Wildman–Crippen LogP) is 2.70. The molecule has 19 heavy (non-hydrogen) atoms. The Bertz CT molecular complexity index is 382. The predicted molar refractivity (Wildman–Crippen MR) is 81.3 cm³/mol. The van der Waals surface area contributed by atoms with Crippen LogP contribution >= 0.6 is 0 Å². The molecular formula is C15H28N4. The van der Waals surface area contributed by atoms with Gasteiger partial charge in [-0.15, -0.1) is 0 Å². The van der Waals surface area contributed by atoms with E-state index in [1.807, 2.05) is 12.4 Å². The third-order valence-corrected chi connectivity index (χ3v) is 2.63. The van der Waals surface area contributed by atoms with Gasteiger partial charge >= 0.3 is 0 Å². The Morgan fingerprint density at radius 2 is 1.95 bits per heavy atom. The van der Waals surface area contributed by atoms with Gasteiger partial charge in [0.15, 0.2) is 0 Å². The molecule has 108 valence electrons. The lowest BCUT2D eigenvalue weighted by Crippen LogP contribution is -2.30. The molecule has 1 N–H and O–H groups in total. The van der Waals surface area contributed by atoms with Crippen LogP contribution in [0.3, 0.4) is 0 Å². The highest BCUT2D eigenvalue weighted by atomic mass is 15.2. The van der Waals surface area contributed by atoms with Crippen LogP contribution in [0.4, 0.5) is 5.82 Å². The highest BCUT2D eigenvalue weighted by molar-refractivity contribution is 5.35. The minimum atomic E-state index is 0.252. The summed E-state index contributed by atoms with van der Waals surface area (Å²) in [4.78, 5) is 11.1. The standard InChI is InChI=1S/C15H28N4/c1-12(2)7-16-8-13-9-17-10-14(18-13)19(6)11-15(3,4)5/h9-10,12,16H,7-8,11H2,1-6H3. The Kier molecular flexibility index (Phi) is 5.73. The monoisotopic (exact) mass is 264 g/mol. The average molecular weight is 264 g/mol. The molecule has 0 atom stereocenters. The lowest BCUT2D eigenvalue weighted by Gasteiger charge is -2.27. The van der Waals surface area contributed by atoms with E-state index in [1.165, 1.54) is 0 Å². The second-order valence-electron chi connectivity index (χ2n) is 6.81. The van der Waals surface area contributed by atoms with E-state index in [0.29, 0.717) is 5.92 Å². The summed E-state index contributed by atoms with van der Waals surface area (Å²) < 4.78 is 0. The van der Waals surface area contributed by atoms with Crippen LogP contribution in [0.5, 0.6) is 0 Å². The second kappa shape index (κ2) is 6.85. The van der Waals surface area contributed by atoms with Crippen molar-refractivity contribution in [2.45, 2.75) is 41.2 Å². The van der Waals surface area contributed by atoms with Gasteiger partial charge in [0.2, 0.25) is 0 Å². The zero-order valence-corrected chi connectivity index (χ0v) is 13.2. The molecule has 0 saturated carbocycles. The molecule has 0 unspecified atom stereocenters. The minimum absolute atomic E-state index is 0.252. The van der Waals surface area contributed by atoms with E-state index < -0.39 is 0 Å². The van der Waals surface area contributed by atoms with Crippen LogP contribution in [0.25, 0.3) is 0 Å². The summed E-state index contributed by atoms with van der Waals surface area (Å²) in [6.07, 6.45) is 3.67. The average Bonchev–Trinajstić information content (AvgIpc) is 2.26. The zero-order valence-electron chi connectivity index (χ0n) is 13.2. The van der Waals surface area contributed by atoms with Crippen molar-refractivity contribution < 1.29 is 0 Å². The topological polar surface area (TPSA) is 41.1 Å². The maximum Gasteiger partial charge on any atom is 0.147 e. The molecule has 4 nitrogen and oxygen atoms in total. The van der Waals surface area contributed by atoms with Crippen molar-refractivity contribution in [3.8, 4) is 0 Å². The molecule has 0 bridgehead atoms. The van der Waals surface area contributed by atoms with Gasteiger partial charge in [0.25, 0.3) is 0 Å². The number of aromatic nitrogens is 2. The van der Waals surface area contributed by atoms with E-state index in [2.05, 4.69) is 61.9 Å². The van der Waals surface area contributed by atoms with Crippen molar-refractivity contribution in [2.24, 2.45) is 11.3 Å². The smallest absolute Gasteiger partial charge is 0.147 e. The van der Waals surface area contributed by atoms with Crippen LogP contribution in [-0.2, 0) is 6.54 Å². The fraction of sp³-hybridized carbons (Fsp3) is 0.733. The van der Waals surface area contributed by atoms with Gasteiger partial charge in [-0.05, 0) is 17.9 Å². The summed E-state index contributed by atoms with van der Waals surface area (Å²) in [5.74, 6) is 1.60. The van der Waals surface area contributed by atoms with Gasteiger partial charge in [-0.3, -0.25) is 4.98 Å². The fourth-order valence-corrected chi connectivity index (χ4v) is 1.95. The van der Waals surface area contributed by atoms with Crippen molar-refractivity contribution in [1.29, 1.82) is 0 Å². The third kappa shape index (κ3) is 6.53. The highest BCUT2D eigenvalue weighted by Crippen LogP contribution is 2.18. The zero-order chi connectivity index (χ0) is 14.5. The van der Waals surface area contributed by atoms with E-state index in [9.17, 15) is 0 Å². The van der Waals surface area contributed by atoms with Crippen molar-refractivity contribution in [2.75, 3.05) is 25.0 Å². The van der Waals surface area contributed by atoms with Crippen molar-refractivity contribution in [3.63, 3.8) is 0 Å². The number of nitrogens with zero attached hydrogens (tertiary/aromatic N) is 3. The first-order chi connectivity index (χ1) is 8.78. The van der Waals surface area contributed by atoms with E-state index in [0.717, 1.165) is 31.1 Å². The molecule has 1 aromatic rings. The lowest BCUT2D eigenvalue weighted by atomic mass is 9.96. The van der Waals surface area contributed by atoms with E-state index in [1.54, 1.807) is 0 Å². The number of anilines is 1. The molecule has 0 amide bonds. The van der Waals surface area contributed by atoms with Crippen molar-refractivity contribution in [1.82, 2.24) is 15.3 Å². The molecule has 0 aromatic carbocycles. The maximum absolute atomic E-state index is 4.65. The second-order valence-corrected chi connectivity index (χ2v) is 6.81. The summed E-state index contributed by atoms with van der Waals surface area (Å²) in [6, 6.07) is 0. The SMILES string of the molecule is CC(C)CNCc1cncc(N(C)CC(C)(C)C)n1. The van der Waals surface area contributed by atoms with Gasteiger partial charge in [0, 0.05) is 26.3 Å². The number of hydrogen-bond acceptors (Lipinski definition) is 4. The van der Waals surface area contributed by atoms with Gasteiger partial charge in [-0.25, -0.2) is 4.98 Å². The Morgan fingerprint density at radius 1 is 1.26 bits per heavy atom. The van der Waals surface area contributed by atoms with Crippen LogP contribution in [0.15, 0.2) is 12.4 Å². The van der Waals surface area contributed by atoms with Gasteiger partial charge in [-0.1, -0.05) is 34.6 Å². The summed E-state index contributed by atoms with van der Waals surface area (Å²) >= 11 is 0. The molecule has 1 heterocycles. The first kappa shape index (κ1) is 15.9. The van der Waals surface area contributed by atoms with Crippen molar-refractivity contribution >= 4 is 5.82 Å². The Balaban J connectivity index is 2.61. The van der Waals surface area contributed by atoms with E-state index in [4.69, 9.17) is 0 Å². The lowest BCUT2D eigenvalue weighted by molar-refractivity contribution is 0.417. The normalized spacial score (nSPS) is 11.9. The van der Waals surface area contributed by atoms with Gasteiger partial charge in [0.05, 0.1) is 11.9 Å². The molecule has 0 radical (unpaired) electrons. The van der Waals surface area contributed by atoms with Crippen LogP contribution in [0, 0.1) is 11.3 Å². The van der Waals surface area contributed by atoms with E-state index >= 15 is 0 Å². The Labute approximate surface area is 117 Å². The molecule has 4 heteroatoms. The molecule has 1 aromatic heterocycles. The Hall–Kier alpha value is -1.16. The molecular weight excluding hydrogens is 236 g/mol. The summed E-state index contributed by atoms with van der Waals surface area (Å²) in [5.41, 5.74) is 1.25. The fourth-order valence-electron chi connectivity index (χ4n) is 1.95. The minimum Gasteiger partial charge on any atom is -0.358 e. The molecule has 0 saturated heterocycles. The quantitative estimate of drug-likeness (QED) is 0.857. The first-order valence-electron chi connectivity index (χ1n) is 7.01. The van der Waals surface area contributed by atoms with Crippen LogP contribution in [-0.4, -0.2) is 30.1 Å². The number of hydrogen-bond donors (Lipinski definition) is 1. The van der Waals surface area contributed by atoms with Gasteiger partial charge < -0.3 is 10.2 Å². The molecule has 0 spiro atoms. The van der Waals surface area contributed by atoms with Gasteiger partial charge in [-0.2, -0.15) is 0 Å². The summed E-state index contributed by atoms with van der Waals surface area (Å²) in [5, 5.41) is 3.39. The Morgan fingerprint density at radius 3 is 2.53 bits per heavy atom. The molecule has 1 rings (SSSR count). The number of nitrogens with one attached hydrogen (secondary N) is 1. The molecule has 0 aliphatic heterocycles.